The van der Waals surface area contributed by atoms with Gasteiger partial charge in [-0.05, 0) is 163 Å². The van der Waals surface area contributed by atoms with E-state index in [9.17, 15) is 14.4 Å². The normalized spacial score (nSPS) is 24.4. The van der Waals surface area contributed by atoms with Crippen LogP contribution in [0.3, 0.4) is 0 Å². The molecule has 4 aliphatic rings. The van der Waals surface area contributed by atoms with Crippen LogP contribution < -0.4 is 16.0 Å². The SMILES string of the molecule is CC(C)c1ccc2c(c1)CC[C@H]1[C@](C)(CNC(=O)Cn3cc(-c4ccc5c6ccc(-c7cn(CC(=O)NC[C@]8(C)CCC[C@]9(C)c%10ccc(C(C)C)cc%10CC[C@@H]89)nn7)cc6n(CCNC(=O)OC(C)(C)C)c5c4)nn3)CCC[C@]21C. The van der Waals surface area contributed by atoms with Crippen molar-refractivity contribution in [1.29, 1.82) is 0 Å². The number of nitrogens with zero attached hydrogens (tertiary/aromatic N) is 7. The molecule has 2 saturated carbocycles. The number of carbonyl (C=O) groups is 3. The number of carbonyl (C=O) groups excluding carboxylic acids is 3. The van der Waals surface area contributed by atoms with Gasteiger partial charge in [-0.15, -0.1) is 10.2 Å². The van der Waals surface area contributed by atoms with E-state index in [1.165, 1.54) is 46.2 Å². The van der Waals surface area contributed by atoms with Crippen molar-refractivity contribution in [1.82, 2.24) is 50.5 Å². The van der Waals surface area contributed by atoms with Crippen LogP contribution in [0.4, 0.5) is 4.79 Å². The highest BCUT2D eigenvalue weighted by molar-refractivity contribution is 6.10. The van der Waals surface area contributed by atoms with E-state index in [0.29, 0.717) is 61.2 Å². The van der Waals surface area contributed by atoms with E-state index in [1.807, 2.05) is 45.3 Å². The third-order valence-corrected chi connectivity index (χ3v) is 19.9. The third-order valence-electron chi connectivity index (χ3n) is 19.9. The number of aryl methyl sites for hydroxylation is 2. The number of nitrogens with one attached hydrogen (secondary N) is 3. The second-order valence-electron chi connectivity index (χ2n) is 27.4. The highest BCUT2D eigenvalue weighted by Gasteiger charge is 2.53. The van der Waals surface area contributed by atoms with Crippen molar-refractivity contribution >= 4 is 39.7 Å². The molecule has 428 valence electrons. The van der Waals surface area contributed by atoms with Crippen molar-refractivity contribution in [3.8, 4) is 22.5 Å². The summed E-state index contributed by atoms with van der Waals surface area (Å²) in [6.45, 7) is 26.5. The molecule has 0 bridgehead atoms. The zero-order valence-corrected chi connectivity index (χ0v) is 50.0. The number of alkyl carbamates (subject to hydrolysis) is 1. The summed E-state index contributed by atoms with van der Waals surface area (Å²) in [6.07, 6.45) is 14.5. The summed E-state index contributed by atoms with van der Waals surface area (Å²) in [7, 11) is 0. The van der Waals surface area contributed by atoms with Gasteiger partial charge in [0, 0.05) is 59.1 Å². The molecule has 4 aliphatic carbocycles. The molecular weight excluding hydrogens is 1010 g/mol. The van der Waals surface area contributed by atoms with Gasteiger partial charge in [-0.3, -0.25) is 9.59 Å². The number of hydrogen-bond acceptors (Lipinski definition) is 8. The van der Waals surface area contributed by atoms with E-state index in [-0.39, 0.29) is 46.6 Å². The minimum Gasteiger partial charge on any atom is -0.444 e. The van der Waals surface area contributed by atoms with Gasteiger partial charge in [0.05, 0.1) is 12.4 Å². The van der Waals surface area contributed by atoms with Gasteiger partial charge in [0.25, 0.3) is 0 Å². The summed E-state index contributed by atoms with van der Waals surface area (Å²) < 4.78 is 11.0. The average molecular weight is 1100 g/mol. The van der Waals surface area contributed by atoms with Crippen LogP contribution in [0.2, 0.25) is 0 Å². The first kappa shape index (κ1) is 56.1. The highest BCUT2D eigenvalue weighted by Crippen LogP contribution is 2.59. The Labute approximate surface area is 478 Å². The molecule has 3 N–H and O–H groups in total. The Kier molecular flexibility index (Phi) is 14.9. The van der Waals surface area contributed by atoms with Crippen LogP contribution in [0.1, 0.15) is 173 Å². The Hall–Kier alpha value is -6.83. The van der Waals surface area contributed by atoms with Crippen LogP contribution in [0.15, 0.2) is 85.2 Å². The van der Waals surface area contributed by atoms with Crippen molar-refractivity contribution < 1.29 is 19.1 Å². The molecule has 0 unspecified atom stereocenters. The molecule has 4 aromatic carbocycles. The van der Waals surface area contributed by atoms with Crippen LogP contribution >= 0.6 is 0 Å². The van der Waals surface area contributed by atoms with Gasteiger partial charge in [0.2, 0.25) is 11.8 Å². The maximum Gasteiger partial charge on any atom is 0.407 e. The summed E-state index contributed by atoms with van der Waals surface area (Å²) in [6, 6.07) is 26.9. The molecule has 2 fully saturated rings. The molecule has 81 heavy (non-hydrogen) atoms. The standard InChI is InChI=1S/C67H86N10O4/c1-42(2)44-16-22-52-46(32-44)18-24-58-64(8,26-12-28-66(52,58)10)40-69-60(78)38-75-36-54(71-73-75)48-14-20-50-51-21-15-49(35-57(51)77(56(50)34-48)31-30-68-62(80)81-63(5,6)7)55-37-76(74-72-55)39-61(79)70-41-65(9)27-13-29-67(11)53-23-17-45(43(3)4)33-47(53)19-25-59(65)67/h14-17,20-23,32-37,42-43,58-59H,12-13,18-19,24-31,38-41H2,1-11H3,(H,68,80)(H,69,78)(H,70,79)/t58-,59-,64-,65-,66+,67+/m0/s1. The van der Waals surface area contributed by atoms with Crippen LogP contribution in [0.5, 0.6) is 0 Å². The third kappa shape index (κ3) is 10.9. The van der Waals surface area contributed by atoms with Crippen LogP contribution in [-0.2, 0) is 57.6 Å². The molecule has 3 aromatic heterocycles. The molecule has 14 heteroatoms. The van der Waals surface area contributed by atoms with Gasteiger partial charge in [-0.2, -0.15) is 0 Å². The summed E-state index contributed by atoms with van der Waals surface area (Å²) in [5, 5.41) is 29.7. The largest absolute Gasteiger partial charge is 0.444 e. The summed E-state index contributed by atoms with van der Waals surface area (Å²) in [4.78, 5) is 40.3. The molecule has 7 aromatic rings. The quantitative estimate of drug-likeness (QED) is 0.0914. The minimum atomic E-state index is -0.635. The molecular formula is C67H86N10O4. The Morgan fingerprint density at radius 1 is 0.617 bits per heavy atom. The number of hydrogen-bond donors (Lipinski definition) is 3. The maximum absolute atomic E-state index is 13.7. The number of ether oxygens (including phenoxy) is 1. The summed E-state index contributed by atoms with van der Waals surface area (Å²) >= 11 is 0. The van der Waals surface area contributed by atoms with E-state index in [2.05, 4.69) is 157 Å². The zero-order valence-electron chi connectivity index (χ0n) is 50.0. The number of benzene rings is 4. The van der Waals surface area contributed by atoms with Crippen LogP contribution in [-0.4, -0.2) is 77.7 Å². The number of rotatable bonds is 15. The van der Waals surface area contributed by atoms with Gasteiger partial charge in [-0.25, -0.2) is 14.2 Å². The fourth-order valence-electron chi connectivity index (χ4n) is 15.7. The molecule has 3 amide bonds. The van der Waals surface area contributed by atoms with Gasteiger partial charge < -0.3 is 25.3 Å². The highest BCUT2D eigenvalue weighted by atomic mass is 16.6. The van der Waals surface area contributed by atoms with Gasteiger partial charge in [0.1, 0.15) is 30.1 Å². The Morgan fingerprint density at radius 3 is 1.51 bits per heavy atom. The molecule has 3 heterocycles. The topological polar surface area (TPSA) is 163 Å². The molecule has 14 nitrogen and oxygen atoms in total. The van der Waals surface area contributed by atoms with E-state index in [0.717, 1.165) is 84.3 Å². The molecule has 0 spiro atoms. The number of amides is 3. The number of fused-ring (bicyclic) bond motifs is 9. The summed E-state index contributed by atoms with van der Waals surface area (Å²) in [5.41, 5.74) is 13.3. The van der Waals surface area contributed by atoms with Crippen LogP contribution in [0, 0.1) is 22.7 Å². The first-order valence-electron chi connectivity index (χ1n) is 30.2. The lowest BCUT2D eigenvalue weighted by Gasteiger charge is -2.55. The van der Waals surface area contributed by atoms with Crippen molar-refractivity contribution in [3.05, 3.63) is 119 Å². The number of aromatic nitrogens is 7. The monoisotopic (exact) mass is 1090 g/mol. The maximum atomic E-state index is 13.7. The van der Waals surface area contributed by atoms with Crippen molar-refractivity contribution in [2.75, 3.05) is 19.6 Å². The molecule has 0 radical (unpaired) electrons. The molecule has 6 atom stereocenters. The van der Waals surface area contributed by atoms with Crippen LogP contribution in [0.25, 0.3) is 44.3 Å². The fraction of sp³-hybridized carbons (Fsp3) is 0.537. The molecule has 0 aliphatic heterocycles. The summed E-state index contributed by atoms with van der Waals surface area (Å²) in [5.74, 6) is 1.83. The smallest absolute Gasteiger partial charge is 0.407 e. The zero-order chi connectivity index (χ0) is 57.2. The van der Waals surface area contributed by atoms with E-state index in [1.54, 1.807) is 9.36 Å². The van der Waals surface area contributed by atoms with Crippen molar-refractivity contribution in [2.24, 2.45) is 22.7 Å². The second kappa shape index (κ2) is 21.5. The van der Waals surface area contributed by atoms with Gasteiger partial charge >= 0.3 is 6.09 Å². The predicted octanol–water partition coefficient (Wildman–Crippen LogP) is 12.7. The lowest BCUT2D eigenvalue weighted by molar-refractivity contribution is -0.123. The predicted molar refractivity (Wildman–Crippen MR) is 321 cm³/mol. The van der Waals surface area contributed by atoms with Crippen molar-refractivity contribution in [2.45, 2.75) is 188 Å². The van der Waals surface area contributed by atoms with Gasteiger partial charge in [-0.1, -0.05) is 139 Å². The minimum absolute atomic E-state index is 0.0168. The first-order valence-corrected chi connectivity index (χ1v) is 30.2. The molecule has 0 saturated heterocycles. The van der Waals surface area contributed by atoms with Gasteiger partial charge in [0.15, 0.2) is 0 Å². The fourth-order valence-corrected chi connectivity index (χ4v) is 15.7. The lowest BCUT2D eigenvalue weighted by Crippen LogP contribution is -2.53. The Balaban J connectivity index is 0.776. The lowest BCUT2D eigenvalue weighted by atomic mass is 9.49. The molecule has 11 rings (SSSR count). The Bertz CT molecular complexity index is 3310. The second-order valence-corrected chi connectivity index (χ2v) is 27.4. The Morgan fingerprint density at radius 2 is 1.07 bits per heavy atom. The average Bonchev–Trinajstić information content (AvgIpc) is 3.22. The first-order chi connectivity index (χ1) is 38.5. The van der Waals surface area contributed by atoms with Crippen molar-refractivity contribution in [3.63, 3.8) is 0 Å². The van der Waals surface area contributed by atoms with E-state index >= 15 is 0 Å². The van der Waals surface area contributed by atoms with E-state index < -0.39 is 11.7 Å². The van der Waals surface area contributed by atoms with E-state index in [4.69, 9.17) is 4.74 Å².